The van der Waals surface area contributed by atoms with E-state index in [-0.39, 0.29) is 12.4 Å². The molecule has 2 saturated heterocycles. The van der Waals surface area contributed by atoms with Gasteiger partial charge in [0.2, 0.25) is 0 Å². The number of hydrogen-bond acceptors (Lipinski definition) is 3. The fourth-order valence-corrected chi connectivity index (χ4v) is 3.75. The van der Waals surface area contributed by atoms with Crippen LogP contribution < -0.4 is 10.2 Å². The number of halogens is 1. The molecule has 22 heavy (non-hydrogen) atoms. The summed E-state index contributed by atoms with van der Waals surface area (Å²) in [4.78, 5) is 5.22. The first-order valence-corrected chi connectivity index (χ1v) is 8.31. The summed E-state index contributed by atoms with van der Waals surface area (Å²) in [5, 5.41) is 3.51. The molecule has 1 aromatic rings. The highest BCUT2D eigenvalue weighted by Gasteiger charge is 2.31. The van der Waals surface area contributed by atoms with Crippen molar-refractivity contribution < 1.29 is 0 Å². The van der Waals surface area contributed by atoms with Gasteiger partial charge in [0.1, 0.15) is 0 Å². The Balaban J connectivity index is 0.00000176. The van der Waals surface area contributed by atoms with Crippen molar-refractivity contribution >= 4 is 18.1 Å². The molecule has 0 saturated carbocycles. The normalized spacial score (nSPS) is 26.0. The zero-order chi connectivity index (χ0) is 14.9. The lowest BCUT2D eigenvalue weighted by molar-refractivity contribution is 0.169. The molecule has 0 bridgehead atoms. The smallest absolute Gasteiger partial charge is 0.0399 e. The van der Waals surface area contributed by atoms with Crippen LogP contribution in [0.3, 0.4) is 0 Å². The van der Waals surface area contributed by atoms with Gasteiger partial charge in [-0.05, 0) is 49.4 Å². The van der Waals surface area contributed by atoms with Gasteiger partial charge >= 0.3 is 0 Å². The summed E-state index contributed by atoms with van der Waals surface area (Å²) in [7, 11) is 0. The van der Waals surface area contributed by atoms with Crippen LogP contribution in [0.2, 0.25) is 0 Å². The zero-order valence-corrected chi connectivity index (χ0v) is 15.0. The summed E-state index contributed by atoms with van der Waals surface area (Å²) in [5.41, 5.74) is 4.69. The molecule has 0 spiro atoms. The van der Waals surface area contributed by atoms with Crippen LogP contribution in [0.15, 0.2) is 18.2 Å². The Morgan fingerprint density at radius 1 is 1.14 bits per heavy atom. The summed E-state index contributed by atoms with van der Waals surface area (Å²) in [5.74, 6) is 0. The lowest BCUT2D eigenvalue weighted by Crippen LogP contribution is -2.50. The maximum Gasteiger partial charge on any atom is 0.0399 e. The van der Waals surface area contributed by atoms with Crippen molar-refractivity contribution in [3.8, 4) is 0 Å². The number of hydrogen-bond donors (Lipinski definition) is 1. The second kappa shape index (κ2) is 7.20. The molecule has 1 N–H and O–H groups in total. The molecule has 0 aliphatic carbocycles. The Kier molecular flexibility index (Phi) is 5.76. The van der Waals surface area contributed by atoms with Crippen LogP contribution in [0, 0.1) is 19.3 Å². The molecule has 1 aromatic carbocycles. The molecule has 1 unspecified atom stereocenters. The Hall–Kier alpha value is -0.770. The van der Waals surface area contributed by atoms with Gasteiger partial charge in [-0.3, -0.25) is 4.90 Å². The van der Waals surface area contributed by atoms with Gasteiger partial charge in [-0.1, -0.05) is 19.1 Å². The number of benzene rings is 1. The van der Waals surface area contributed by atoms with Gasteiger partial charge in [0.15, 0.2) is 0 Å². The lowest BCUT2D eigenvalue weighted by atomic mass is 9.89. The zero-order valence-electron chi connectivity index (χ0n) is 14.2. The van der Waals surface area contributed by atoms with Gasteiger partial charge in [0, 0.05) is 45.0 Å². The van der Waals surface area contributed by atoms with Crippen molar-refractivity contribution in [1.82, 2.24) is 10.2 Å². The highest BCUT2D eigenvalue weighted by molar-refractivity contribution is 5.85. The van der Waals surface area contributed by atoms with E-state index in [4.69, 9.17) is 0 Å². The average Bonchev–Trinajstić information content (AvgIpc) is 2.89. The molecular weight excluding hydrogens is 294 g/mol. The second-order valence-corrected chi connectivity index (χ2v) is 7.29. The maximum absolute atomic E-state index is 3.51. The molecule has 4 heteroatoms. The van der Waals surface area contributed by atoms with Crippen molar-refractivity contribution in [2.24, 2.45) is 5.41 Å². The predicted octanol–water partition coefficient (Wildman–Crippen LogP) is 2.85. The van der Waals surface area contributed by atoms with Gasteiger partial charge in [0.05, 0.1) is 0 Å². The van der Waals surface area contributed by atoms with E-state index in [0.29, 0.717) is 5.41 Å². The largest absolute Gasteiger partial charge is 0.369 e. The highest BCUT2D eigenvalue weighted by Crippen LogP contribution is 2.27. The van der Waals surface area contributed by atoms with Crippen LogP contribution in [-0.4, -0.2) is 50.7 Å². The van der Waals surface area contributed by atoms with E-state index in [1.807, 2.05) is 0 Å². The number of rotatable bonds is 3. The summed E-state index contributed by atoms with van der Waals surface area (Å²) in [6.45, 7) is 15.2. The van der Waals surface area contributed by atoms with E-state index in [1.54, 1.807) is 0 Å². The standard InChI is InChI=1S/C18H29N3.ClH/c1-15-4-5-16(2)17(12-15)21-10-8-20(9-11-21)14-18(3)6-7-19-13-18;/h4-5,12,19H,6-11,13-14H2,1-3H3;1H. The van der Waals surface area contributed by atoms with Gasteiger partial charge in [0.25, 0.3) is 0 Å². The van der Waals surface area contributed by atoms with Crippen molar-refractivity contribution in [1.29, 1.82) is 0 Å². The Morgan fingerprint density at radius 2 is 1.86 bits per heavy atom. The number of nitrogens with zero attached hydrogens (tertiary/aromatic N) is 2. The quantitative estimate of drug-likeness (QED) is 0.922. The van der Waals surface area contributed by atoms with Crippen molar-refractivity contribution in [3.05, 3.63) is 29.3 Å². The summed E-state index contributed by atoms with van der Waals surface area (Å²) >= 11 is 0. The molecule has 0 amide bonds. The summed E-state index contributed by atoms with van der Waals surface area (Å²) in [6, 6.07) is 6.80. The number of anilines is 1. The van der Waals surface area contributed by atoms with E-state index in [1.165, 1.54) is 56.0 Å². The fourth-order valence-electron chi connectivity index (χ4n) is 3.75. The minimum Gasteiger partial charge on any atom is -0.369 e. The van der Waals surface area contributed by atoms with Gasteiger partial charge in [-0.15, -0.1) is 12.4 Å². The van der Waals surface area contributed by atoms with Crippen molar-refractivity contribution in [3.63, 3.8) is 0 Å². The van der Waals surface area contributed by atoms with Crippen molar-refractivity contribution in [2.75, 3.05) is 50.7 Å². The molecule has 124 valence electrons. The van der Waals surface area contributed by atoms with Crippen LogP contribution in [0.4, 0.5) is 5.69 Å². The van der Waals surface area contributed by atoms with E-state index in [0.717, 1.165) is 13.1 Å². The first-order valence-electron chi connectivity index (χ1n) is 8.31. The van der Waals surface area contributed by atoms with Crippen LogP contribution in [-0.2, 0) is 0 Å². The van der Waals surface area contributed by atoms with E-state index < -0.39 is 0 Å². The van der Waals surface area contributed by atoms with Crippen LogP contribution in [0.5, 0.6) is 0 Å². The minimum atomic E-state index is 0. The molecule has 3 nitrogen and oxygen atoms in total. The first kappa shape index (κ1) is 17.6. The van der Waals surface area contributed by atoms with Crippen LogP contribution in [0.25, 0.3) is 0 Å². The monoisotopic (exact) mass is 323 g/mol. The maximum atomic E-state index is 3.51. The van der Waals surface area contributed by atoms with Gasteiger partial charge in [-0.25, -0.2) is 0 Å². The Morgan fingerprint density at radius 3 is 2.50 bits per heavy atom. The second-order valence-electron chi connectivity index (χ2n) is 7.29. The van der Waals surface area contributed by atoms with Gasteiger partial charge < -0.3 is 10.2 Å². The Labute approximate surface area is 141 Å². The molecule has 2 fully saturated rings. The van der Waals surface area contributed by atoms with Crippen LogP contribution in [0.1, 0.15) is 24.5 Å². The molecule has 3 rings (SSSR count). The first-order chi connectivity index (χ1) is 10.1. The third-order valence-corrected chi connectivity index (χ3v) is 5.14. The molecule has 2 heterocycles. The summed E-state index contributed by atoms with van der Waals surface area (Å²) in [6.07, 6.45) is 1.32. The molecule has 2 aliphatic rings. The third-order valence-electron chi connectivity index (χ3n) is 5.14. The molecule has 0 aromatic heterocycles. The topological polar surface area (TPSA) is 18.5 Å². The molecule has 0 radical (unpaired) electrons. The average molecular weight is 324 g/mol. The van der Waals surface area contributed by atoms with Crippen molar-refractivity contribution in [2.45, 2.75) is 27.2 Å². The van der Waals surface area contributed by atoms with Gasteiger partial charge in [-0.2, -0.15) is 0 Å². The minimum absolute atomic E-state index is 0. The molecular formula is C18H30ClN3. The highest BCUT2D eigenvalue weighted by atomic mass is 35.5. The third kappa shape index (κ3) is 3.95. The SMILES string of the molecule is Cc1ccc(C)c(N2CCN(CC3(C)CCNC3)CC2)c1.Cl. The number of piperazine rings is 1. The van der Waals surface area contributed by atoms with Crippen LogP contribution >= 0.6 is 12.4 Å². The fraction of sp³-hybridized carbons (Fsp3) is 0.667. The predicted molar refractivity (Wildman–Crippen MR) is 97.4 cm³/mol. The van der Waals surface area contributed by atoms with E-state index >= 15 is 0 Å². The Bertz CT molecular complexity index is 489. The molecule has 2 aliphatic heterocycles. The summed E-state index contributed by atoms with van der Waals surface area (Å²) < 4.78 is 0. The number of nitrogens with one attached hydrogen (secondary N) is 1. The number of aryl methyl sites for hydroxylation is 2. The molecule has 1 atom stereocenters. The lowest BCUT2D eigenvalue weighted by Gasteiger charge is -2.40. The van der Waals surface area contributed by atoms with E-state index in [2.05, 4.69) is 54.1 Å². The van der Waals surface area contributed by atoms with E-state index in [9.17, 15) is 0 Å².